The van der Waals surface area contributed by atoms with Crippen LogP contribution in [-0.2, 0) is 13.5 Å². The second-order valence-electron chi connectivity index (χ2n) is 3.06. The molecule has 0 unspecified atom stereocenters. The largest absolute Gasteiger partial charge is 0.382 e. The lowest BCUT2D eigenvalue weighted by Gasteiger charge is -2.14. The molecule has 1 aliphatic heterocycles. The van der Waals surface area contributed by atoms with Crippen LogP contribution in [0.3, 0.4) is 0 Å². The molecule has 0 radical (unpaired) electrons. The molecule has 0 aromatic carbocycles. The molecule has 0 saturated heterocycles. The van der Waals surface area contributed by atoms with Gasteiger partial charge in [0.2, 0.25) is 0 Å². The first-order chi connectivity index (χ1) is 5.29. The zero-order chi connectivity index (χ0) is 7.84. The predicted octanol–water partition coefficient (Wildman–Crippen LogP) is 1.09. The molecule has 11 heavy (non-hydrogen) atoms. The van der Waals surface area contributed by atoms with Crippen molar-refractivity contribution in [3.05, 3.63) is 11.4 Å². The Balaban J connectivity index is 2.52. The van der Waals surface area contributed by atoms with Gasteiger partial charge in [-0.25, -0.2) is 0 Å². The van der Waals surface area contributed by atoms with Crippen LogP contribution in [-0.4, -0.2) is 16.3 Å². The highest BCUT2D eigenvalue weighted by molar-refractivity contribution is 5.54. The van der Waals surface area contributed by atoms with E-state index in [4.69, 9.17) is 0 Å². The summed E-state index contributed by atoms with van der Waals surface area (Å²) in [6.45, 7) is 3.15. The Hall–Kier alpha value is -0.990. The maximum atomic E-state index is 4.35. The van der Waals surface area contributed by atoms with Crippen molar-refractivity contribution in [2.24, 2.45) is 7.05 Å². The molecule has 0 amide bonds. The predicted molar refractivity (Wildman–Crippen MR) is 44.8 cm³/mol. The van der Waals surface area contributed by atoms with Crippen LogP contribution in [0.1, 0.15) is 17.8 Å². The van der Waals surface area contributed by atoms with Crippen molar-refractivity contribution in [2.45, 2.75) is 19.8 Å². The normalized spacial score (nSPS) is 15.8. The van der Waals surface area contributed by atoms with Crippen molar-refractivity contribution in [2.75, 3.05) is 11.9 Å². The van der Waals surface area contributed by atoms with Crippen LogP contribution in [0.25, 0.3) is 0 Å². The van der Waals surface area contributed by atoms with Crippen molar-refractivity contribution in [1.29, 1.82) is 0 Å². The highest BCUT2D eigenvalue weighted by atomic mass is 15.3. The van der Waals surface area contributed by atoms with E-state index in [1.54, 1.807) is 0 Å². The van der Waals surface area contributed by atoms with Crippen LogP contribution >= 0.6 is 0 Å². The molecule has 1 N–H and O–H groups in total. The van der Waals surface area contributed by atoms with E-state index >= 15 is 0 Å². The van der Waals surface area contributed by atoms with E-state index in [-0.39, 0.29) is 0 Å². The van der Waals surface area contributed by atoms with Crippen LogP contribution in [0, 0.1) is 6.92 Å². The molecule has 0 fully saturated rings. The minimum absolute atomic E-state index is 1.10. The summed E-state index contributed by atoms with van der Waals surface area (Å²) in [5.74, 6) is 0. The van der Waals surface area contributed by atoms with Crippen LogP contribution in [0.5, 0.6) is 0 Å². The molecule has 2 rings (SSSR count). The summed E-state index contributed by atoms with van der Waals surface area (Å²) in [7, 11) is 2.01. The second kappa shape index (κ2) is 2.26. The van der Waals surface area contributed by atoms with Gasteiger partial charge in [-0.2, -0.15) is 5.10 Å². The number of rotatable bonds is 0. The Morgan fingerprint density at radius 2 is 2.36 bits per heavy atom. The first-order valence-corrected chi connectivity index (χ1v) is 4.05. The lowest BCUT2D eigenvalue weighted by atomic mass is 10.1. The van der Waals surface area contributed by atoms with Crippen LogP contribution in [0.4, 0.5) is 5.69 Å². The van der Waals surface area contributed by atoms with Gasteiger partial charge in [-0.1, -0.05) is 0 Å². The Morgan fingerprint density at radius 3 is 3.09 bits per heavy atom. The molecule has 2 heterocycles. The number of aryl methyl sites for hydroxylation is 2. The standard InChI is InChI=1S/C8H13N3/c1-6-8-7(11(2)10-6)4-3-5-9-8/h9H,3-5H2,1-2H3. The molecule has 0 bridgehead atoms. The van der Waals surface area contributed by atoms with Gasteiger partial charge in [0.1, 0.15) is 0 Å². The number of nitrogens with zero attached hydrogens (tertiary/aromatic N) is 2. The van der Waals surface area contributed by atoms with Crippen molar-refractivity contribution in [3.63, 3.8) is 0 Å². The summed E-state index contributed by atoms with van der Waals surface area (Å²) in [5, 5.41) is 7.72. The smallest absolute Gasteiger partial charge is 0.0827 e. The van der Waals surface area contributed by atoms with Crippen molar-refractivity contribution in [1.82, 2.24) is 9.78 Å². The SMILES string of the molecule is Cc1nn(C)c2c1NCCC2. The third-order valence-corrected chi connectivity index (χ3v) is 2.23. The van der Waals surface area contributed by atoms with Gasteiger partial charge in [-0.15, -0.1) is 0 Å². The third kappa shape index (κ3) is 0.914. The summed E-state index contributed by atoms with van der Waals surface area (Å²) in [4.78, 5) is 0. The molecule has 60 valence electrons. The van der Waals surface area contributed by atoms with Crippen molar-refractivity contribution >= 4 is 5.69 Å². The topological polar surface area (TPSA) is 29.9 Å². The highest BCUT2D eigenvalue weighted by Crippen LogP contribution is 2.23. The molecule has 0 saturated carbocycles. The summed E-state index contributed by atoms with van der Waals surface area (Å²) >= 11 is 0. The fourth-order valence-corrected chi connectivity index (χ4v) is 1.69. The summed E-state index contributed by atoms with van der Waals surface area (Å²) < 4.78 is 1.98. The monoisotopic (exact) mass is 151 g/mol. The molecule has 3 heteroatoms. The van der Waals surface area contributed by atoms with E-state index in [1.807, 2.05) is 11.7 Å². The Morgan fingerprint density at radius 1 is 1.55 bits per heavy atom. The van der Waals surface area contributed by atoms with E-state index in [0.717, 1.165) is 12.2 Å². The van der Waals surface area contributed by atoms with E-state index < -0.39 is 0 Å². The molecule has 0 spiro atoms. The number of aromatic nitrogens is 2. The molecule has 1 aromatic rings. The zero-order valence-corrected chi connectivity index (χ0v) is 7.02. The number of fused-ring (bicyclic) bond motifs is 1. The van der Waals surface area contributed by atoms with Gasteiger partial charge in [-0.3, -0.25) is 4.68 Å². The summed E-state index contributed by atoms with van der Waals surface area (Å²) in [6, 6.07) is 0. The molecule has 0 aliphatic carbocycles. The molecule has 1 aliphatic rings. The fourth-order valence-electron chi connectivity index (χ4n) is 1.69. The Kier molecular flexibility index (Phi) is 1.37. The minimum atomic E-state index is 1.10. The van der Waals surface area contributed by atoms with E-state index in [0.29, 0.717) is 0 Å². The number of nitrogens with one attached hydrogen (secondary N) is 1. The molecule has 1 aromatic heterocycles. The fraction of sp³-hybridized carbons (Fsp3) is 0.625. The van der Waals surface area contributed by atoms with Crippen LogP contribution in [0.15, 0.2) is 0 Å². The van der Waals surface area contributed by atoms with Crippen molar-refractivity contribution < 1.29 is 0 Å². The Labute approximate surface area is 66.4 Å². The zero-order valence-electron chi connectivity index (χ0n) is 7.02. The van der Waals surface area contributed by atoms with E-state index in [1.165, 1.54) is 24.2 Å². The lowest BCUT2D eigenvalue weighted by Crippen LogP contribution is -2.13. The molecule has 0 atom stereocenters. The number of hydrogen-bond acceptors (Lipinski definition) is 2. The molecular formula is C8H13N3. The minimum Gasteiger partial charge on any atom is -0.382 e. The van der Waals surface area contributed by atoms with E-state index in [2.05, 4.69) is 17.3 Å². The van der Waals surface area contributed by atoms with Crippen LogP contribution < -0.4 is 5.32 Å². The maximum absolute atomic E-state index is 4.35. The number of anilines is 1. The van der Waals surface area contributed by atoms with Gasteiger partial charge in [0.25, 0.3) is 0 Å². The lowest BCUT2D eigenvalue weighted by molar-refractivity contribution is 0.678. The van der Waals surface area contributed by atoms with Gasteiger partial charge in [0.05, 0.1) is 17.1 Å². The number of hydrogen-bond donors (Lipinski definition) is 1. The van der Waals surface area contributed by atoms with Crippen molar-refractivity contribution in [3.8, 4) is 0 Å². The third-order valence-electron chi connectivity index (χ3n) is 2.23. The first-order valence-electron chi connectivity index (χ1n) is 4.05. The average Bonchev–Trinajstić information content (AvgIpc) is 2.30. The molecular weight excluding hydrogens is 138 g/mol. The van der Waals surface area contributed by atoms with Gasteiger partial charge in [0, 0.05) is 13.6 Å². The second-order valence-corrected chi connectivity index (χ2v) is 3.06. The van der Waals surface area contributed by atoms with Gasteiger partial charge < -0.3 is 5.32 Å². The Bertz CT molecular complexity index is 249. The van der Waals surface area contributed by atoms with E-state index in [9.17, 15) is 0 Å². The first kappa shape index (κ1) is 6.70. The molecule has 3 nitrogen and oxygen atoms in total. The average molecular weight is 151 g/mol. The highest BCUT2D eigenvalue weighted by Gasteiger charge is 2.15. The summed E-state index contributed by atoms with van der Waals surface area (Å²) in [5.41, 5.74) is 3.75. The van der Waals surface area contributed by atoms with Gasteiger partial charge >= 0.3 is 0 Å². The summed E-state index contributed by atoms with van der Waals surface area (Å²) in [6.07, 6.45) is 2.39. The van der Waals surface area contributed by atoms with Gasteiger partial charge in [-0.05, 0) is 19.8 Å². The van der Waals surface area contributed by atoms with Gasteiger partial charge in [0.15, 0.2) is 0 Å². The maximum Gasteiger partial charge on any atom is 0.0827 e. The quantitative estimate of drug-likeness (QED) is 0.601. The van der Waals surface area contributed by atoms with Crippen LogP contribution in [0.2, 0.25) is 0 Å².